The molecule has 0 spiro atoms. The first-order valence-corrected chi connectivity index (χ1v) is 9.22. The van der Waals surface area contributed by atoms with Crippen molar-refractivity contribution in [2.24, 2.45) is 0 Å². The van der Waals surface area contributed by atoms with Crippen LogP contribution in [0.1, 0.15) is 40.9 Å². The molecule has 0 unspecified atom stereocenters. The molecule has 6 nitrogen and oxygen atoms in total. The standard InChI is InChI=1S/C19H24F3N5O/c1-13-16(18(28)26-9-5-4-6-15(26)12-25(2)3)11-24-27(13)17-8-7-14(10-23-17)19(20,21)22/h7-8,10-11,15H,4-6,9,12H2,1-3H3/t15-/m1/s1. The van der Waals surface area contributed by atoms with Crippen LogP contribution in [0.4, 0.5) is 13.2 Å². The highest BCUT2D eigenvalue weighted by Gasteiger charge is 2.32. The number of piperidine rings is 1. The van der Waals surface area contributed by atoms with Gasteiger partial charge in [0.2, 0.25) is 0 Å². The van der Waals surface area contributed by atoms with E-state index in [1.165, 1.54) is 16.9 Å². The van der Waals surface area contributed by atoms with E-state index in [9.17, 15) is 18.0 Å². The number of carbonyl (C=O) groups is 1. The van der Waals surface area contributed by atoms with E-state index >= 15 is 0 Å². The summed E-state index contributed by atoms with van der Waals surface area (Å²) in [6, 6.07) is 2.36. The van der Waals surface area contributed by atoms with Crippen LogP contribution < -0.4 is 0 Å². The number of likely N-dealkylation sites (N-methyl/N-ethyl adjacent to an activating group) is 1. The van der Waals surface area contributed by atoms with Crippen molar-refractivity contribution >= 4 is 5.91 Å². The fourth-order valence-corrected chi connectivity index (χ4v) is 3.56. The van der Waals surface area contributed by atoms with Gasteiger partial charge in [0.25, 0.3) is 5.91 Å². The summed E-state index contributed by atoms with van der Waals surface area (Å²) in [5.74, 6) is 0.148. The van der Waals surface area contributed by atoms with Gasteiger partial charge in [0.1, 0.15) is 0 Å². The number of hydrogen-bond acceptors (Lipinski definition) is 4. The zero-order valence-electron chi connectivity index (χ0n) is 16.2. The lowest BCUT2D eigenvalue weighted by Gasteiger charge is -2.37. The summed E-state index contributed by atoms with van der Waals surface area (Å²) >= 11 is 0. The zero-order valence-corrected chi connectivity index (χ0v) is 16.2. The summed E-state index contributed by atoms with van der Waals surface area (Å²) in [6.45, 7) is 3.21. The van der Waals surface area contributed by atoms with Gasteiger partial charge in [-0.05, 0) is 52.4 Å². The Labute approximate surface area is 162 Å². The van der Waals surface area contributed by atoms with Crippen LogP contribution in [-0.4, -0.2) is 63.7 Å². The Bertz CT molecular complexity index is 829. The average Bonchev–Trinajstić information content (AvgIpc) is 3.02. The molecule has 2 aromatic heterocycles. The molecule has 1 amide bonds. The molecule has 3 heterocycles. The van der Waals surface area contributed by atoms with Crippen molar-refractivity contribution in [2.75, 3.05) is 27.2 Å². The average molecular weight is 395 g/mol. The fourth-order valence-electron chi connectivity index (χ4n) is 3.56. The lowest BCUT2D eigenvalue weighted by molar-refractivity contribution is -0.137. The molecule has 1 aliphatic heterocycles. The van der Waals surface area contributed by atoms with E-state index in [2.05, 4.69) is 15.0 Å². The van der Waals surface area contributed by atoms with E-state index in [4.69, 9.17) is 0 Å². The number of aromatic nitrogens is 3. The highest BCUT2D eigenvalue weighted by atomic mass is 19.4. The molecule has 9 heteroatoms. The summed E-state index contributed by atoms with van der Waals surface area (Å²) in [4.78, 5) is 20.9. The molecule has 0 bridgehead atoms. The Kier molecular flexibility index (Phi) is 5.74. The van der Waals surface area contributed by atoms with Crippen LogP contribution in [0.25, 0.3) is 5.82 Å². The van der Waals surface area contributed by atoms with Crippen LogP contribution in [0.5, 0.6) is 0 Å². The smallest absolute Gasteiger partial charge is 0.334 e. The minimum atomic E-state index is -4.44. The Morgan fingerprint density at radius 3 is 2.61 bits per heavy atom. The van der Waals surface area contributed by atoms with Gasteiger partial charge in [-0.15, -0.1) is 0 Å². The summed E-state index contributed by atoms with van der Waals surface area (Å²) in [7, 11) is 3.97. The number of pyridine rings is 1. The highest BCUT2D eigenvalue weighted by Crippen LogP contribution is 2.29. The quantitative estimate of drug-likeness (QED) is 0.798. The largest absolute Gasteiger partial charge is 0.417 e. The first-order valence-electron chi connectivity index (χ1n) is 9.22. The maximum absolute atomic E-state index is 13.1. The lowest BCUT2D eigenvalue weighted by Crippen LogP contribution is -2.48. The Morgan fingerprint density at radius 1 is 1.25 bits per heavy atom. The molecular formula is C19H24F3N5O. The molecule has 1 fully saturated rings. The maximum Gasteiger partial charge on any atom is 0.417 e. The Morgan fingerprint density at radius 2 is 2.00 bits per heavy atom. The van der Waals surface area contributed by atoms with Crippen molar-refractivity contribution in [2.45, 2.75) is 38.4 Å². The second-order valence-corrected chi connectivity index (χ2v) is 7.37. The van der Waals surface area contributed by atoms with E-state index in [0.717, 1.165) is 38.1 Å². The molecule has 0 aromatic carbocycles. The number of amides is 1. The minimum Gasteiger partial charge on any atom is -0.334 e. The summed E-state index contributed by atoms with van der Waals surface area (Å²) in [5, 5.41) is 4.19. The van der Waals surface area contributed by atoms with Gasteiger partial charge in [0.05, 0.1) is 23.0 Å². The normalized spacial score (nSPS) is 18.0. The second kappa shape index (κ2) is 7.90. The van der Waals surface area contributed by atoms with Crippen LogP contribution >= 0.6 is 0 Å². The number of halogens is 3. The number of alkyl halides is 3. The molecule has 1 atom stereocenters. The van der Waals surface area contributed by atoms with Crippen LogP contribution in [0.15, 0.2) is 24.5 Å². The summed E-state index contributed by atoms with van der Waals surface area (Å²) in [5.41, 5.74) is 0.191. The SMILES string of the molecule is Cc1c(C(=O)N2CCCC[C@@H]2CN(C)C)cnn1-c1ccc(C(F)(F)F)cn1. The molecule has 1 saturated heterocycles. The Hall–Kier alpha value is -2.42. The van der Waals surface area contributed by atoms with Crippen molar-refractivity contribution in [1.29, 1.82) is 0 Å². The van der Waals surface area contributed by atoms with Crippen LogP contribution in [0.3, 0.4) is 0 Å². The molecule has 0 N–H and O–H groups in total. The zero-order chi connectivity index (χ0) is 20.5. The first-order chi connectivity index (χ1) is 13.2. The van der Waals surface area contributed by atoms with Gasteiger partial charge in [-0.3, -0.25) is 4.79 Å². The Balaban J connectivity index is 1.85. The predicted molar refractivity (Wildman–Crippen MR) is 98.3 cm³/mol. The lowest BCUT2D eigenvalue weighted by atomic mass is 10.0. The van der Waals surface area contributed by atoms with Gasteiger partial charge in [0.15, 0.2) is 5.82 Å². The fraction of sp³-hybridized carbons (Fsp3) is 0.526. The van der Waals surface area contributed by atoms with E-state index in [0.29, 0.717) is 17.8 Å². The van der Waals surface area contributed by atoms with Crippen molar-refractivity contribution < 1.29 is 18.0 Å². The van der Waals surface area contributed by atoms with E-state index in [1.54, 1.807) is 6.92 Å². The molecule has 1 aliphatic rings. The highest BCUT2D eigenvalue weighted by molar-refractivity contribution is 5.95. The van der Waals surface area contributed by atoms with Crippen LogP contribution in [-0.2, 0) is 6.18 Å². The molecular weight excluding hydrogens is 371 g/mol. The van der Waals surface area contributed by atoms with Gasteiger partial charge in [-0.25, -0.2) is 9.67 Å². The topological polar surface area (TPSA) is 54.3 Å². The number of likely N-dealkylation sites (tertiary alicyclic amines) is 1. The summed E-state index contributed by atoms with van der Waals surface area (Å²) in [6.07, 6.45) is 0.812. The van der Waals surface area contributed by atoms with Crippen molar-refractivity contribution in [3.8, 4) is 5.82 Å². The maximum atomic E-state index is 13.1. The third-order valence-corrected chi connectivity index (χ3v) is 5.00. The van der Waals surface area contributed by atoms with E-state index < -0.39 is 11.7 Å². The number of carbonyl (C=O) groups excluding carboxylic acids is 1. The third-order valence-electron chi connectivity index (χ3n) is 5.00. The first kappa shape index (κ1) is 20.3. The van der Waals surface area contributed by atoms with E-state index in [-0.39, 0.29) is 17.8 Å². The molecule has 2 aromatic rings. The predicted octanol–water partition coefficient (Wildman–Crippen LogP) is 3.15. The van der Waals surface area contributed by atoms with Crippen molar-refractivity contribution in [1.82, 2.24) is 24.6 Å². The minimum absolute atomic E-state index is 0.0952. The van der Waals surface area contributed by atoms with Crippen LogP contribution in [0.2, 0.25) is 0 Å². The van der Waals surface area contributed by atoms with Crippen molar-refractivity contribution in [3.63, 3.8) is 0 Å². The number of rotatable bonds is 4. The number of hydrogen-bond donors (Lipinski definition) is 0. The molecule has 152 valence electrons. The van der Waals surface area contributed by atoms with Crippen molar-refractivity contribution in [3.05, 3.63) is 41.3 Å². The van der Waals surface area contributed by atoms with E-state index in [1.807, 2.05) is 19.0 Å². The van der Waals surface area contributed by atoms with Gasteiger partial charge < -0.3 is 9.80 Å². The summed E-state index contributed by atoms with van der Waals surface area (Å²) < 4.78 is 39.6. The second-order valence-electron chi connectivity index (χ2n) is 7.37. The molecule has 0 saturated carbocycles. The molecule has 28 heavy (non-hydrogen) atoms. The molecule has 0 radical (unpaired) electrons. The monoisotopic (exact) mass is 395 g/mol. The molecule has 0 aliphatic carbocycles. The van der Waals surface area contributed by atoms with Gasteiger partial charge in [0, 0.05) is 25.3 Å². The van der Waals surface area contributed by atoms with Gasteiger partial charge in [-0.1, -0.05) is 0 Å². The van der Waals surface area contributed by atoms with Gasteiger partial charge in [-0.2, -0.15) is 18.3 Å². The molecule has 3 rings (SSSR count). The van der Waals surface area contributed by atoms with Crippen LogP contribution in [0, 0.1) is 6.92 Å². The third kappa shape index (κ3) is 4.19. The number of nitrogens with zero attached hydrogens (tertiary/aromatic N) is 5. The van der Waals surface area contributed by atoms with Gasteiger partial charge >= 0.3 is 6.18 Å².